The predicted octanol–water partition coefficient (Wildman–Crippen LogP) is 2.99. The molecule has 0 aliphatic carbocycles. The summed E-state index contributed by atoms with van der Waals surface area (Å²) in [6, 6.07) is 0. The van der Waals surface area contributed by atoms with E-state index >= 15 is 0 Å². The third kappa shape index (κ3) is 4.90. The Balaban J connectivity index is 4.22. The molecule has 11 heavy (non-hydrogen) atoms. The topological polar surface area (TPSA) is 36.2 Å². The molecule has 0 amide bonds. The van der Waals surface area contributed by atoms with Gasteiger partial charge in [0.25, 0.3) is 0 Å². The number of hydrogen-bond donors (Lipinski definition) is 1. The number of aliphatic imine (C=N–C) groups is 1. The smallest absolute Gasteiger partial charge is 0.0533 e. The third-order valence-electron chi connectivity index (χ3n) is 1.36. The van der Waals surface area contributed by atoms with Gasteiger partial charge >= 0.3 is 0 Å². The Morgan fingerprint density at radius 3 is 2.45 bits per heavy atom. The molecule has 0 heterocycles. The fraction of sp³-hybridized carbons (Fsp3) is 0.500. The molecule has 0 aromatic heterocycles. The van der Waals surface area contributed by atoms with Crippen LogP contribution in [0.25, 0.3) is 0 Å². The summed E-state index contributed by atoms with van der Waals surface area (Å²) in [5, 5.41) is 6.85. The van der Waals surface area contributed by atoms with Crippen LogP contribution in [0.15, 0.2) is 15.7 Å². The van der Waals surface area contributed by atoms with Gasteiger partial charge in [0.1, 0.15) is 0 Å². The van der Waals surface area contributed by atoms with Gasteiger partial charge in [-0.1, -0.05) is 13.8 Å². The predicted molar refractivity (Wildman–Crippen MR) is 53.7 cm³/mol. The Morgan fingerprint density at radius 2 is 2.09 bits per heavy atom. The zero-order valence-electron chi connectivity index (χ0n) is 7.06. The van der Waals surface area contributed by atoms with Crippen LogP contribution < -0.4 is 0 Å². The summed E-state index contributed by atoms with van der Waals surface area (Å²) in [4.78, 5) is 4.15. The van der Waals surface area contributed by atoms with Crippen LogP contribution in [0.3, 0.4) is 0 Å². The first kappa shape index (κ1) is 10.6. The van der Waals surface area contributed by atoms with Crippen molar-refractivity contribution in [2.24, 2.45) is 10.9 Å². The molecule has 0 saturated carbocycles. The van der Waals surface area contributed by atoms with E-state index in [-0.39, 0.29) is 0 Å². The van der Waals surface area contributed by atoms with Gasteiger partial charge < -0.3 is 5.41 Å². The maximum Gasteiger partial charge on any atom is 0.0533 e. The van der Waals surface area contributed by atoms with Gasteiger partial charge in [-0.25, -0.2) is 0 Å². The van der Waals surface area contributed by atoms with Crippen molar-refractivity contribution < 1.29 is 0 Å². The first-order valence-electron chi connectivity index (χ1n) is 3.48. The van der Waals surface area contributed by atoms with Crippen LogP contribution >= 0.6 is 15.9 Å². The summed E-state index contributed by atoms with van der Waals surface area (Å²) >= 11 is 3.17. The van der Waals surface area contributed by atoms with Crippen molar-refractivity contribution in [3.8, 4) is 0 Å². The number of rotatable bonds is 3. The second-order valence-corrected chi connectivity index (χ2v) is 3.50. The molecule has 0 aliphatic rings. The fourth-order valence-electron chi connectivity index (χ4n) is 0.350. The lowest BCUT2D eigenvalue weighted by Gasteiger charge is -2.00. The molecule has 0 atom stereocenters. The van der Waals surface area contributed by atoms with Gasteiger partial charge in [0.05, 0.1) is 4.48 Å². The molecule has 0 bridgehead atoms. The quantitative estimate of drug-likeness (QED) is 0.705. The third-order valence-corrected chi connectivity index (χ3v) is 1.80. The first-order chi connectivity index (χ1) is 5.07. The molecule has 0 rings (SSSR count). The van der Waals surface area contributed by atoms with Gasteiger partial charge in [-0.2, -0.15) is 0 Å². The summed E-state index contributed by atoms with van der Waals surface area (Å²) in [5.74, 6) is 0.470. The number of nitrogens with zero attached hydrogens (tertiary/aromatic N) is 1. The maximum absolute atomic E-state index is 6.85. The van der Waals surface area contributed by atoms with Gasteiger partial charge in [0.2, 0.25) is 0 Å². The van der Waals surface area contributed by atoms with E-state index in [1.807, 2.05) is 6.92 Å². The minimum atomic E-state index is 0.470. The zero-order valence-corrected chi connectivity index (χ0v) is 8.64. The number of allylic oxidation sites excluding steroid dienone is 1. The molecule has 0 spiro atoms. The highest BCUT2D eigenvalue weighted by atomic mass is 79.9. The molecular weight excluding hydrogens is 204 g/mol. The summed E-state index contributed by atoms with van der Waals surface area (Å²) in [5.41, 5.74) is 1.07. The average Bonchev–Trinajstić information content (AvgIpc) is 1.99. The van der Waals surface area contributed by atoms with E-state index in [0.717, 1.165) is 5.71 Å². The van der Waals surface area contributed by atoms with Gasteiger partial charge in [-0.15, -0.1) is 0 Å². The molecule has 0 radical (unpaired) electrons. The number of halogens is 1. The van der Waals surface area contributed by atoms with Crippen LogP contribution in [-0.4, -0.2) is 11.9 Å². The molecule has 62 valence electrons. The van der Waals surface area contributed by atoms with E-state index in [9.17, 15) is 0 Å². The number of hydrogen-bond acceptors (Lipinski definition) is 2. The summed E-state index contributed by atoms with van der Waals surface area (Å²) in [7, 11) is 0. The molecule has 0 unspecified atom stereocenters. The van der Waals surface area contributed by atoms with Crippen molar-refractivity contribution >= 4 is 27.9 Å². The van der Waals surface area contributed by atoms with Crippen molar-refractivity contribution in [3.63, 3.8) is 0 Å². The SMILES string of the molecule is CC(=N/C=C(/Br)C=N)C(C)C. The Labute approximate surface area is 76.1 Å². The Bertz CT molecular complexity index is 192. The summed E-state index contributed by atoms with van der Waals surface area (Å²) in [6.45, 7) is 6.15. The monoisotopic (exact) mass is 216 g/mol. The molecule has 0 fully saturated rings. The Kier molecular flexibility index (Phi) is 5.03. The highest BCUT2D eigenvalue weighted by Gasteiger charge is 1.94. The Hall–Kier alpha value is -0.440. The van der Waals surface area contributed by atoms with Gasteiger partial charge in [0.15, 0.2) is 0 Å². The maximum atomic E-state index is 6.85. The molecule has 2 nitrogen and oxygen atoms in total. The van der Waals surface area contributed by atoms with Crippen LogP contribution in [-0.2, 0) is 0 Å². The highest BCUT2D eigenvalue weighted by Crippen LogP contribution is 2.02. The lowest BCUT2D eigenvalue weighted by Crippen LogP contribution is -2.00. The van der Waals surface area contributed by atoms with Crippen LogP contribution in [0.1, 0.15) is 20.8 Å². The summed E-state index contributed by atoms with van der Waals surface area (Å²) < 4.78 is 0.692. The van der Waals surface area contributed by atoms with Crippen LogP contribution in [0.5, 0.6) is 0 Å². The van der Waals surface area contributed by atoms with E-state index in [4.69, 9.17) is 5.41 Å². The number of nitrogens with one attached hydrogen (secondary N) is 1. The lowest BCUT2D eigenvalue weighted by molar-refractivity contribution is 0.878. The van der Waals surface area contributed by atoms with Crippen molar-refractivity contribution in [2.45, 2.75) is 20.8 Å². The fourth-order valence-corrected chi connectivity index (χ4v) is 0.452. The molecule has 3 heteroatoms. The van der Waals surface area contributed by atoms with Crippen molar-refractivity contribution in [3.05, 3.63) is 10.7 Å². The van der Waals surface area contributed by atoms with E-state index in [1.165, 1.54) is 6.21 Å². The Morgan fingerprint density at radius 1 is 1.55 bits per heavy atom. The van der Waals surface area contributed by atoms with Crippen LogP contribution in [0.2, 0.25) is 0 Å². The minimum Gasteiger partial charge on any atom is -0.308 e. The molecule has 1 N–H and O–H groups in total. The standard InChI is InChI=1S/C8H13BrN2/c1-6(2)7(3)11-5-8(9)4-10/h4-6,10H,1-3H3/b8-5+,10-4?,11-7?. The van der Waals surface area contributed by atoms with Crippen molar-refractivity contribution in [1.29, 1.82) is 5.41 Å². The average molecular weight is 217 g/mol. The second-order valence-electron chi connectivity index (χ2n) is 2.58. The van der Waals surface area contributed by atoms with Gasteiger partial charge in [-0.3, -0.25) is 4.99 Å². The molecule has 0 saturated heterocycles. The van der Waals surface area contributed by atoms with E-state index in [0.29, 0.717) is 10.4 Å². The van der Waals surface area contributed by atoms with Crippen molar-refractivity contribution in [2.75, 3.05) is 0 Å². The molecule has 0 aromatic carbocycles. The van der Waals surface area contributed by atoms with Crippen LogP contribution in [0, 0.1) is 11.3 Å². The first-order valence-corrected chi connectivity index (χ1v) is 4.27. The van der Waals surface area contributed by atoms with Gasteiger partial charge in [0, 0.05) is 18.1 Å². The minimum absolute atomic E-state index is 0.470. The normalized spacial score (nSPS) is 13.9. The molecular formula is C8H13BrN2. The highest BCUT2D eigenvalue weighted by molar-refractivity contribution is 9.12. The zero-order chi connectivity index (χ0) is 8.85. The van der Waals surface area contributed by atoms with Crippen LogP contribution in [0.4, 0.5) is 0 Å². The van der Waals surface area contributed by atoms with E-state index in [2.05, 4.69) is 34.8 Å². The van der Waals surface area contributed by atoms with E-state index < -0.39 is 0 Å². The lowest BCUT2D eigenvalue weighted by atomic mass is 10.1. The summed E-state index contributed by atoms with van der Waals surface area (Å²) in [6.07, 6.45) is 2.86. The van der Waals surface area contributed by atoms with E-state index in [1.54, 1.807) is 6.20 Å². The second kappa shape index (κ2) is 5.24. The molecule has 0 aliphatic heterocycles. The molecule has 0 aromatic rings. The van der Waals surface area contributed by atoms with Gasteiger partial charge in [-0.05, 0) is 28.8 Å². The largest absolute Gasteiger partial charge is 0.308 e. The van der Waals surface area contributed by atoms with Crippen molar-refractivity contribution in [1.82, 2.24) is 0 Å².